The van der Waals surface area contributed by atoms with Gasteiger partial charge in [0.25, 0.3) is 0 Å². The van der Waals surface area contributed by atoms with Gasteiger partial charge in [0.05, 0.1) is 11.6 Å². The molecule has 1 aromatic rings. The fourth-order valence-electron chi connectivity index (χ4n) is 1.44. The highest BCUT2D eigenvalue weighted by atomic mass is 19.1. The number of hydrogen-bond donors (Lipinski definition) is 1. The van der Waals surface area contributed by atoms with Crippen molar-refractivity contribution in [2.24, 2.45) is 0 Å². The second-order valence-electron chi connectivity index (χ2n) is 3.06. The van der Waals surface area contributed by atoms with Crippen LogP contribution < -0.4 is 5.32 Å². The van der Waals surface area contributed by atoms with Crippen LogP contribution >= 0.6 is 0 Å². The number of fused-ring (bicyclic) bond motifs is 1. The van der Waals surface area contributed by atoms with E-state index in [2.05, 4.69) is 5.32 Å². The maximum absolute atomic E-state index is 13.0. The summed E-state index contributed by atoms with van der Waals surface area (Å²) in [4.78, 5) is 11.1. The number of hydrogen-bond acceptors (Lipinski definition) is 1. The summed E-state index contributed by atoms with van der Waals surface area (Å²) in [6, 6.07) is 1.94. The van der Waals surface area contributed by atoms with Gasteiger partial charge < -0.3 is 5.32 Å². The lowest BCUT2D eigenvalue weighted by molar-refractivity contribution is -0.116. The van der Waals surface area contributed by atoms with E-state index in [0.717, 1.165) is 6.07 Å². The number of carbonyl (C=O) groups is 1. The van der Waals surface area contributed by atoms with Gasteiger partial charge in [-0.05, 0) is 18.6 Å². The van der Waals surface area contributed by atoms with E-state index in [4.69, 9.17) is 0 Å². The van der Waals surface area contributed by atoms with Crippen molar-refractivity contribution in [3.8, 4) is 0 Å². The van der Waals surface area contributed by atoms with Crippen LogP contribution in [-0.4, -0.2) is 5.91 Å². The second kappa shape index (κ2) is 2.52. The third-order valence-electron chi connectivity index (χ3n) is 2.19. The Labute approximate surface area is 73.6 Å². The molecule has 0 aliphatic carbocycles. The molecule has 0 fully saturated rings. The minimum atomic E-state index is -0.715. The first kappa shape index (κ1) is 8.16. The van der Waals surface area contributed by atoms with E-state index in [-0.39, 0.29) is 11.6 Å². The summed E-state index contributed by atoms with van der Waals surface area (Å²) in [5.41, 5.74) is 0.501. The fraction of sp³-hybridized carbons (Fsp3) is 0.222. The van der Waals surface area contributed by atoms with Crippen LogP contribution in [0.1, 0.15) is 18.4 Å². The van der Waals surface area contributed by atoms with Crippen LogP contribution in [0.3, 0.4) is 0 Å². The number of anilines is 1. The molecule has 1 atom stereocenters. The molecule has 2 nitrogen and oxygen atoms in total. The van der Waals surface area contributed by atoms with Crippen molar-refractivity contribution in [1.29, 1.82) is 0 Å². The Bertz CT molecular complexity index is 389. The van der Waals surface area contributed by atoms with Gasteiger partial charge in [0.1, 0.15) is 11.6 Å². The molecule has 0 radical (unpaired) electrons. The molecule has 1 amide bonds. The number of benzene rings is 1. The van der Waals surface area contributed by atoms with Crippen LogP contribution in [0.15, 0.2) is 12.1 Å². The summed E-state index contributed by atoms with van der Waals surface area (Å²) in [5, 5.41) is 2.36. The Kier molecular flexibility index (Phi) is 1.58. The highest BCUT2D eigenvalue weighted by Crippen LogP contribution is 2.34. The summed E-state index contributed by atoms with van der Waals surface area (Å²) in [6.45, 7) is 1.61. The van der Waals surface area contributed by atoms with Crippen LogP contribution in [0, 0.1) is 11.6 Å². The third kappa shape index (κ3) is 1.09. The number of nitrogens with one attached hydrogen (secondary N) is 1. The molecule has 1 N–H and O–H groups in total. The highest BCUT2D eigenvalue weighted by Gasteiger charge is 2.29. The lowest BCUT2D eigenvalue weighted by Crippen LogP contribution is -2.08. The summed E-state index contributed by atoms with van der Waals surface area (Å²) in [6.07, 6.45) is 0. The van der Waals surface area contributed by atoms with Gasteiger partial charge in [0, 0.05) is 6.07 Å². The van der Waals surface area contributed by atoms with Crippen LogP contribution in [-0.2, 0) is 4.79 Å². The minimum Gasteiger partial charge on any atom is -0.323 e. The van der Waals surface area contributed by atoms with Crippen LogP contribution in [0.25, 0.3) is 0 Å². The van der Waals surface area contributed by atoms with E-state index in [1.165, 1.54) is 6.07 Å². The average Bonchev–Trinajstić information content (AvgIpc) is 2.32. The molecule has 0 saturated heterocycles. The predicted molar refractivity (Wildman–Crippen MR) is 43.4 cm³/mol. The lowest BCUT2D eigenvalue weighted by atomic mass is 10.0. The van der Waals surface area contributed by atoms with Crippen molar-refractivity contribution in [2.75, 3.05) is 5.32 Å². The Morgan fingerprint density at radius 2 is 2.08 bits per heavy atom. The summed E-state index contributed by atoms with van der Waals surface area (Å²) in [7, 11) is 0. The average molecular weight is 183 g/mol. The fourth-order valence-corrected chi connectivity index (χ4v) is 1.44. The van der Waals surface area contributed by atoms with E-state index in [0.29, 0.717) is 5.56 Å². The third-order valence-corrected chi connectivity index (χ3v) is 2.19. The summed E-state index contributed by atoms with van der Waals surface area (Å²) in [5.74, 6) is -2.13. The Morgan fingerprint density at radius 3 is 2.77 bits per heavy atom. The van der Waals surface area contributed by atoms with E-state index < -0.39 is 17.6 Å². The summed E-state index contributed by atoms with van der Waals surface area (Å²) >= 11 is 0. The molecule has 1 heterocycles. The maximum atomic E-state index is 13.0. The van der Waals surface area contributed by atoms with Gasteiger partial charge in [0.2, 0.25) is 5.91 Å². The van der Waals surface area contributed by atoms with Gasteiger partial charge in [-0.25, -0.2) is 8.78 Å². The molecule has 68 valence electrons. The lowest BCUT2D eigenvalue weighted by Gasteiger charge is -2.01. The first-order valence-electron chi connectivity index (χ1n) is 3.89. The van der Waals surface area contributed by atoms with Crippen molar-refractivity contribution in [3.05, 3.63) is 29.3 Å². The molecular formula is C9H7F2NO. The molecule has 1 aliphatic rings. The van der Waals surface area contributed by atoms with Crippen molar-refractivity contribution >= 4 is 11.6 Å². The number of carbonyl (C=O) groups excluding carboxylic acids is 1. The molecule has 0 bridgehead atoms. The normalized spacial score (nSPS) is 19.9. The van der Waals surface area contributed by atoms with Gasteiger partial charge in [-0.2, -0.15) is 0 Å². The SMILES string of the molecule is C[C@H]1C(=O)Nc2c(F)cc(F)cc21. The van der Waals surface area contributed by atoms with E-state index >= 15 is 0 Å². The molecule has 1 aromatic carbocycles. The van der Waals surface area contributed by atoms with Crippen molar-refractivity contribution in [3.63, 3.8) is 0 Å². The number of halogens is 2. The maximum Gasteiger partial charge on any atom is 0.231 e. The molecule has 0 spiro atoms. The smallest absolute Gasteiger partial charge is 0.231 e. The van der Waals surface area contributed by atoms with E-state index in [1.807, 2.05) is 0 Å². The first-order valence-corrected chi connectivity index (χ1v) is 3.89. The first-order chi connectivity index (χ1) is 6.09. The molecule has 1 aliphatic heterocycles. The van der Waals surface area contributed by atoms with Gasteiger partial charge >= 0.3 is 0 Å². The molecule has 0 unspecified atom stereocenters. The van der Waals surface area contributed by atoms with Gasteiger partial charge in [0.15, 0.2) is 0 Å². The minimum absolute atomic E-state index is 0.110. The second-order valence-corrected chi connectivity index (χ2v) is 3.06. The zero-order chi connectivity index (χ0) is 9.59. The number of amides is 1. The van der Waals surface area contributed by atoms with E-state index in [1.54, 1.807) is 6.92 Å². The molecule has 2 rings (SSSR count). The van der Waals surface area contributed by atoms with Crippen LogP contribution in [0.5, 0.6) is 0 Å². The van der Waals surface area contributed by atoms with Crippen molar-refractivity contribution in [2.45, 2.75) is 12.8 Å². The largest absolute Gasteiger partial charge is 0.323 e. The topological polar surface area (TPSA) is 29.1 Å². The Balaban J connectivity index is 2.63. The van der Waals surface area contributed by atoms with Gasteiger partial charge in [-0.15, -0.1) is 0 Å². The van der Waals surface area contributed by atoms with Crippen molar-refractivity contribution in [1.82, 2.24) is 0 Å². The van der Waals surface area contributed by atoms with Gasteiger partial charge in [-0.3, -0.25) is 4.79 Å². The van der Waals surface area contributed by atoms with Crippen LogP contribution in [0.4, 0.5) is 14.5 Å². The summed E-state index contributed by atoms with van der Waals surface area (Å²) < 4.78 is 25.8. The Hall–Kier alpha value is -1.45. The van der Waals surface area contributed by atoms with Crippen molar-refractivity contribution < 1.29 is 13.6 Å². The van der Waals surface area contributed by atoms with Crippen LogP contribution in [0.2, 0.25) is 0 Å². The number of rotatable bonds is 0. The molecule has 4 heteroatoms. The molecule has 0 aromatic heterocycles. The predicted octanol–water partition coefficient (Wildman–Crippen LogP) is 2.02. The zero-order valence-electron chi connectivity index (χ0n) is 6.90. The molecular weight excluding hydrogens is 176 g/mol. The Morgan fingerprint density at radius 1 is 1.38 bits per heavy atom. The monoisotopic (exact) mass is 183 g/mol. The quantitative estimate of drug-likeness (QED) is 0.655. The standard InChI is InChI=1S/C9H7F2NO/c1-4-6-2-5(10)3-7(11)8(6)12-9(4)13/h2-4H,1H3,(H,12,13)/t4-/m1/s1. The molecule has 13 heavy (non-hydrogen) atoms. The van der Waals surface area contributed by atoms with Gasteiger partial charge in [-0.1, -0.05) is 0 Å². The highest BCUT2D eigenvalue weighted by molar-refractivity contribution is 6.02. The van der Waals surface area contributed by atoms with E-state index in [9.17, 15) is 13.6 Å². The molecule has 0 saturated carbocycles. The zero-order valence-corrected chi connectivity index (χ0v) is 6.90.